The third-order valence-corrected chi connectivity index (χ3v) is 39.3. The van der Waals surface area contributed by atoms with E-state index in [1.165, 1.54) is 86.7 Å². The van der Waals surface area contributed by atoms with Gasteiger partial charge in [-0.3, -0.25) is 4.79 Å². The maximum atomic E-state index is 12.2. The van der Waals surface area contributed by atoms with Crippen LogP contribution < -0.4 is 0 Å². The second-order valence-corrected chi connectivity index (χ2v) is 37.4. The highest BCUT2D eigenvalue weighted by Gasteiger charge is 2.39. The molecule has 25 heteroatoms. The lowest BCUT2D eigenvalue weighted by molar-refractivity contribution is -0.142. The molecule has 0 N–H and O–H groups in total. The van der Waals surface area contributed by atoms with Crippen LogP contribution in [-0.4, -0.2) is 47.4 Å². The van der Waals surface area contributed by atoms with E-state index in [9.17, 15) is 4.79 Å². The second kappa shape index (κ2) is 23.3. The van der Waals surface area contributed by atoms with Crippen LogP contribution in [-0.2, 0) is 9.53 Å². The normalized spacial score (nSPS) is 22.7. The van der Waals surface area contributed by atoms with Gasteiger partial charge >= 0.3 is 5.97 Å². The molecule has 0 amide bonds. The predicted molar refractivity (Wildman–Crippen MR) is 311 cm³/mol. The fraction of sp³-hybridized carbons (Fsp3) is 0.344. The predicted octanol–water partition coefficient (Wildman–Crippen LogP) is 19.3. The van der Waals surface area contributed by atoms with Gasteiger partial charge < -0.3 is 4.74 Å². The van der Waals surface area contributed by atoms with Gasteiger partial charge in [0.1, 0.15) is 0 Å². The van der Waals surface area contributed by atoms with E-state index in [-0.39, 0.29) is 5.97 Å². The quantitative estimate of drug-likeness (QED) is 0.0981. The topological polar surface area (TPSA) is 26.3 Å². The zero-order valence-corrected chi connectivity index (χ0v) is 48.7. The minimum atomic E-state index is -0.114. The molecule has 0 atom stereocenters. The lowest BCUT2D eigenvalue weighted by Crippen LogP contribution is -2.04. The van der Waals surface area contributed by atoms with E-state index < -0.39 is 0 Å². The van der Waals surface area contributed by atoms with Crippen LogP contribution in [0.1, 0.15) is 26.7 Å². The number of esters is 1. The second-order valence-electron chi connectivity index (χ2n) is 10.7. The Hall–Kier alpha value is 4.92. The molecular weight excluding hydrogens is 1150 g/mol. The van der Waals surface area contributed by atoms with E-state index in [2.05, 4.69) is 44.7 Å². The van der Waals surface area contributed by atoms with Crippen molar-refractivity contribution in [3.05, 3.63) is 86.7 Å². The maximum Gasteiger partial charge on any atom is 0.306 e. The van der Waals surface area contributed by atoms with Gasteiger partial charge in [-0.05, 0) is 25.9 Å². The number of carbonyl (C=O) groups is 1. The molecule has 0 saturated carbocycles. The fourth-order valence-corrected chi connectivity index (χ4v) is 37.7. The first kappa shape index (κ1) is 48.4. The highest BCUT2D eigenvalue weighted by atomic mass is 32.3. The van der Waals surface area contributed by atoms with E-state index in [0.717, 1.165) is 28.8 Å². The Bertz CT molecular complexity index is 1980. The molecule has 8 rings (SSSR count). The zero-order chi connectivity index (χ0) is 39.6. The first-order valence-corrected chi connectivity index (χ1v) is 36.1. The van der Waals surface area contributed by atoms with Gasteiger partial charge in [0.05, 0.1) is 85.1 Å². The molecule has 8 heterocycles. The Morgan fingerprint density at radius 1 is 0.474 bits per heavy atom. The molecule has 0 saturated heterocycles. The molecule has 0 radical (unpaired) electrons. The van der Waals surface area contributed by atoms with E-state index >= 15 is 0 Å². The number of thiol groups is 2. The summed E-state index contributed by atoms with van der Waals surface area (Å²) in [5, 5.41) is 0.961. The summed E-state index contributed by atoms with van der Waals surface area (Å²) in [5.74, 6) is 2.18. The first-order chi connectivity index (χ1) is 27.8. The van der Waals surface area contributed by atoms with E-state index in [1.807, 2.05) is 254 Å². The maximum absolute atomic E-state index is 12.2. The summed E-state index contributed by atoms with van der Waals surface area (Å²) >= 11 is 49.7. The first-order valence-electron chi connectivity index (χ1n) is 16.4. The fourth-order valence-electron chi connectivity index (χ4n) is 4.65. The van der Waals surface area contributed by atoms with Crippen molar-refractivity contribution in [2.75, 3.05) is 41.5 Å². The SMILES string of the molecule is CCOC(=O)CCSC1=C(SCSC2=C(CC)SC(=C3SC4=C(SC(=C5SC(CS)=C(CS)S5)S4)S3)S2)SC(=C2SC3=C(SC(=C4SC(SC)=C(SC)S4)S3)S2)S1. The van der Waals surface area contributed by atoms with Crippen LogP contribution in [0.5, 0.6) is 0 Å². The van der Waals surface area contributed by atoms with Crippen LogP contribution in [0.4, 0.5) is 0 Å². The molecule has 8 aliphatic rings. The molecule has 57 heavy (non-hydrogen) atoms. The number of hydrogen-bond acceptors (Lipinski definition) is 25. The van der Waals surface area contributed by atoms with Crippen LogP contribution in [0.25, 0.3) is 0 Å². The van der Waals surface area contributed by atoms with Gasteiger partial charge in [0.15, 0.2) is 0 Å². The summed E-state index contributed by atoms with van der Waals surface area (Å²) in [6, 6.07) is 0. The smallest absolute Gasteiger partial charge is 0.306 e. The Morgan fingerprint density at radius 3 is 1.25 bits per heavy atom. The van der Waals surface area contributed by atoms with Crippen molar-refractivity contribution in [3.8, 4) is 0 Å². The number of allylic oxidation sites excluding steroid dienone is 1. The van der Waals surface area contributed by atoms with E-state index in [1.54, 1.807) is 0 Å². The van der Waals surface area contributed by atoms with Gasteiger partial charge in [-0.15, -0.1) is 58.8 Å². The largest absolute Gasteiger partial charge is 0.466 e. The van der Waals surface area contributed by atoms with Crippen molar-refractivity contribution in [1.82, 2.24) is 0 Å². The van der Waals surface area contributed by atoms with Gasteiger partial charge in [0.25, 0.3) is 0 Å². The van der Waals surface area contributed by atoms with Crippen LogP contribution in [0.3, 0.4) is 0 Å². The van der Waals surface area contributed by atoms with E-state index in [4.69, 9.17) is 4.74 Å². The Kier molecular flexibility index (Phi) is 19.8. The molecule has 8 aliphatic heterocycles. The van der Waals surface area contributed by atoms with Crippen LogP contribution in [0, 0.1) is 0 Å². The molecule has 306 valence electrons. The van der Waals surface area contributed by atoms with Crippen molar-refractivity contribution in [2.24, 2.45) is 0 Å². The van der Waals surface area contributed by atoms with Crippen molar-refractivity contribution < 1.29 is 9.53 Å². The molecule has 0 spiro atoms. The molecule has 0 unspecified atom stereocenters. The number of hydrogen-bond donors (Lipinski definition) is 2. The molecular formula is C32H28O2S23. The van der Waals surface area contributed by atoms with Crippen LogP contribution in [0.15, 0.2) is 86.7 Å². The highest BCUT2D eigenvalue weighted by molar-refractivity contribution is 8.52. The van der Waals surface area contributed by atoms with E-state index in [0.29, 0.717) is 13.0 Å². The zero-order valence-electron chi connectivity index (χ0n) is 29.7. The van der Waals surface area contributed by atoms with Gasteiger partial charge in [-0.2, -0.15) is 25.3 Å². The van der Waals surface area contributed by atoms with Crippen molar-refractivity contribution in [2.45, 2.75) is 26.7 Å². The average Bonchev–Trinajstić information content (AvgIpc) is 4.05. The Balaban J connectivity index is 0.872. The van der Waals surface area contributed by atoms with Crippen LogP contribution >= 0.6 is 272 Å². The van der Waals surface area contributed by atoms with Gasteiger partial charge in [-0.1, -0.05) is 195 Å². The number of ether oxygens (including phenoxy) is 1. The van der Waals surface area contributed by atoms with Crippen molar-refractivity contribution in [1.29, 1.82) is 0 Å². The standard InChI is InChI=1S/C32H28O2S23/c1-5-12-16(45-22(42-12)24-52-29-30(53-24)51-23(50-29)21-43-13(9-35)14(10-36)44-21)40-11-41-20-19(39-8-7-15(33)34-6-2)48-26(49-20)28-56-31-32(57-28)55-27(54-31)25-46-17(37-3)18(38-4)47-25/h35-36H,5-11H2,1-4H3. The van der Waals surface area contributed by atoms with Gasteiger partial charge in [0.2, 0.25) is 0 Å². The molecule has 0 bridgehead atoms. The molecule has 0 aromatic rings. The number of carbonyl (C=O) groups excluding carboxylic acids is 1. The molecule has 0 aliphatic carbocycles. The van der Waals surface area contributed by atoms with Gasteiger partial charge in [-0.25, -0.2) is 0 Å². The summed E-state index contributed by atoms with van der Waals surface area (Å²) in [6.45, 7) is 4.59. The number of rotatable bonds is 14. The average molecular weight is 1180 g/mol. The Morgan fingerprint density at radius 2 is 0.825 bits per heavy atom. The third kappa shape index (κ3) is 11.8. The monoisotopic (exact) mass is 1180 g/mol. The van der Waals surface area contributed by atoms with Crippen molar-refractivity contribution in [3.63, 3.8) is 0 Å². The molecule has 0 fully saturated rings. The summed E-state index contributed by atoms with van der Waals surface area (Å²) in [4.78, 5) is 16.4. The van der Waals surface area contributed by atoms with Gasteiger partial charge in [0, 0.05) is 37.1 Å². The minimum absolute atomic E-state index is 0.114. The lowest BCUT2D eigenvalue weighted by Gasteiger charge is -2.08. The molecule has 0 aromatic carbocycles. The molecule has 0 aromatic heterocycles. The molecule has 2 nitrogen and oxygen atoms in total. The summed E-state index contributed by atoms with van der Waals surface area (Å²) in [7, 11) is 0. The Labute approximate surface area is 435 Å². The minimum Gasteiger partial charge on any atom is -0.466 e. The number of thioether (sulfide) groups is 21. The highest BCUT2D eigenvalue weighted by Crippen LogP contribution is 2.75. The summed E-state index contributed by atoms with van der Waals surface area (Å²) in [6.07, 6.45) is 5.85. The summed E-state index contributed by atoms with van der Waals surface area (Å²) in [5.41, 5.74) is 0. The lowest BCUT2D eigenvalue weighted by atomic mass is 10.5. The summed E-state index contributed by atoms with van der Waals surface area (Å²) < 4.78 is 29.3. The third-order valence-electron chi connectivity index (χ3n) is 7.13. The van der Waals surface area contributed by atoms with Crippen LogP contribution in [0.2, 0.25) is 0 Å². The van der Waals surface area contributed by atoms with Crippen molar-refractivity contribution >= 4 is 278 Å².